The van der Waals surface area contributed by atoms with Crippen LogP contribution >= 0.6 is 0 Å². The second kappa shape index (κ2) is 11.3. The van der Waals surface area contributed by atoms with Gasteiger partial charge in [0.05, 0.1) is 19.8 Å². The lowest BCUT2D eigenvalue weighted by Gasteiger charge is -2.31. The van der Waals surface area contributed by atoms with Gasteiger partial charge in [0, 0.05) is 11.3 Å². The van der Waals surface area contributed by atoms with Crippen molar-refractivity contribution < 1.29 is 23.8 Å². The SMILES string of the molecule is CCCCOC(=O)CNC(=O)Nc1ccc2c(c1)C=CC(C)(COCc1ccccc1)O2. The van der Waals surface area contributed by atoms with E-state index < -0.39 is 17.6 Å². The van der Waals surface area contributed by atoms with Gasteiger partial charge in [-0.05, 0) is 43.2 Å². The minimum Gasteiger partial charge on any atom is -0.480 e. The first-order chi connectivity index (χ1) is 15.5. The molecule has 2 aromatic rings. The van der Waals surface area contributed by atoms with E-state index in [1.54, 1.807) is 6.07 Å². The average Bonchev–Trinajstić information content (AvgIpc) is 2.79. The molecule has 0 saturated carbocycles. The fourth-order valence-corrected chi connectivity index (χ4v) is 3.13. The topological polar surface area (TPSA) is 85.9 Å². The highest BCUT2D eigenvalue weighted by Gasteiger charge is 2.28. The summed E-state index contributed by atoms with van der Waals surface area (Å²) in [6.45, 7) is 5.10. The van der Waals surface area contributed by atoms with Crippen LogP contribution in [0, 0.1) is 0 Å². The third kappa shape index (κ3) is 7.13. The summed E-state index contributed by atoms with van der Waals surface area (Å²) in [6, 6.07) is 14.9. The molecule has 32 heavy (non-hydrogen) atoms. The maximum Gasteiger partial charge on any atom is 0.325 e. The number of esters is 1. The number of hydrogen-bond acceptors (Lipinski definition) is 5. The molecule has 1 aliphatic rings. The number of rotatable bonds is 10. The maximum atomic E-state index is 12.1. The van der Waals surface area contributed by atoms with Gasteiger partial charge in [-0.15, -0.1) is 0 Å². The number of amides is 2. The molecule has 1 aliphatic heterocycles. The molecule has 2 N–H and O–H groups in total. The van der Waals surface area contributed by atoms with Crippen LogP contribution in [0.3, 0.4) is 0 Å². The zero-order valence-electron chi connectivity index (χ0n) is 18.6. The van der Waals surface area contributed by atoms with Crippen LogP contribution in [0.1, 0.15) is 37.8 Å². The van der Waals surface area contributed by atoms with Crippen LogP contribution in [0.25, 0.3) is 6.08 Å². The van der Waals surface area contributed by atoms with E-state index in [2.05, 4.69) is 10.6 Å². The monoisotopic (exact) mass is 438 g/mol. The van der Waals surface area contributed by atoms with Crippen LogP contribution in [-0.2, 0) is 20.9 Å². The summed E-state index contributed by atoms with van der Waals surface area (Å²) in [6.07, 6.45) is 5.66. The molecule has 0 fully saturated rings. The smallest absolute Gasteiger partial charge is 0.325 e. The number of unbranched alkanes of at least 4 members (excludes halogenated alkanes) is 1. The molecule has 0 spiro atoms. The summed E-state index contributed by atoms with van der Waals surface area (Å²) in [5.41, 5.74) is 1.98. The van der Waals surface area contributed by atoms with Crippen LogP contribution in [-0.4, -0.2) is 37.4 Å². The predicted molar refractivity (Wildman–Crippen MR) is 123 cm³/mol. The van der Waals surface area contributed by atoms with Gasteiger partial charge in [-0.3, -0.25) is 4.79 Å². The molecule has 1 unspecified atom stereocenters. The molecule has 2 amide bonds. The first-order valence-electron chi connectivity index (χ1n) is 10.8. The van der Waals surface area contributed by atoms with E-state index in [0.29, 0.717) is 31.3 Å². The van der Waals surface area contributed by atoms with Crippen molar-refractivity contribution in [3.8, 4) is 5.75 Å². The highest BCUT2D eigenvalue weighted by atomic mass is 16.5. The molecule has 170 valence electrons. The van der Waals surface area contributed by atoms with Gasteiger partial charge in [-0.1, -0.05) is 49.8 Å². The fraction of sp³-hybridized carbons (Fsp3) is 0.360. The Morgan fingerprint density at radius 1 is 1.12 bits per heavy atom. The third-order valence-corrected chi connectivity index (χ3v) is 4.88. The zero-order chi connectivity index (χ0) is 22.8. The Hall–Kier alpha value is -3.32. The van der Waals surface area contributed by atoms with Crippen LogP contribution in [0.5, 0.6) is 5.75 Å². The molecule has 0 radical (unpaired) electrons. The molecule has 0 bridgehead atoms. The molecule has 7 nitrogen and oxygen atoms in total. The summed E-state index contributed by atoms with van der Waals surface area (Å²) in [5, 5.41) is 5.21. The Morgan fingerprint density at radius 3 is 2.72 bits per heavy atom. The summed E-state index contributed by atoms with van der Waals surface area (Å²) in [7, 11) is 0. The van der Waals surface area contributed by atoms with Crippen molar-refractivity contribution in [2.75, 3.05) is 25.1 Å². The van der Waals surface area contributed by atoms with E-state index in [-0.39, 0.29) is 6.54 Å². The standard InChI is InChI=1S/C25H30N2O5/c1-3-4-14-31-23(28)16-26-24(29)27-21-10-11-22-20(15-21)12-13-25(2,32-22)18-30-17-19-8-6-5-7-9-19/h5-13,15H,3-4,14,16-18H2,1-2H3,(H2,26,27,29). The third-order valence-electron chi connectivity index (χ3n) is 4.88. The molecular formula is C25H30N2O5. The minimum atomic E-state index is -0.577. The summed E-state index contributed by atoms with van der Waals surface area (Å²) >= 11 is 0. The van der Waals surface area contributed by atoms with Crippen molar-refractivity contribution >= 4 is 23.8 Å². The molecule has 0 saturated heterocycles. The van der Waals surface area contributed by atoms with Gasteiger partial charge in [0.1, 0.15) is 17.9 Å². The summed E-state index contributed by atoms with van der Waals surface area (Å²) < 4.78 is 17.0. The first kappa shape index (κ1) is 23.3. The van der Waals surface area contributed by atoms with Crippen molar-refractivity contribution in [2.45, 2.75) is 38.9 Å². The largest absolute Gasteiger partial charge is 0.480 e. The van der Waals surface area contributed by atoms with E-state index in [9.17, 15) is 9.59 Å². The lowest BCUT2D eigenvalue weighted by atomic mass is 10.0. The molecule has 0 aliphatic carbocycles. The number of fused-ring (bicyclic) bond motifs is 1. The molecule has 1 atom stereocenters. The number of carbonyl (C=O) groups excluding carboxylic acids is 2. The van der Waals surface area contributed by atoms with Crippen molar-refractivity contribution in [3.63, 3.8) is 0 Å². The average molecular weight is 439 g/mol. The van der Waals surface area contributed by atoms with Crippen LogP contribution < -0.4 is 15.4 Å². The second-order valence-corrected chi connectivity index (χ2v) is 7.86. The van der Waals surface area contributed by atoms with Gasteiger partial charge in [0.25, 0.3) is 0 Å². The molecule has 0 aromatic heterocycles. The predicted octanol–water partition coefficient (Wildman–Crippen LogP) is 4.53. The molecule has 1 heterocycles. The number of hydrogen-bond donors (Lipinski definition) is 2. The number of ether oxygens (including phenoxy) is 3. The van der Waals surface area contributed by atoms with E-state index in [0.717, 1.165) is 24.0 Å². The van der Waals surface area contributed by atoms with Gasteiger partial charge in [0.15, 0.2) is 0 Å². The molecule has 7 heteroatoms. The molecule has 3 rings (SSSR count). The molecule has 2 aromatic carbocycles. The Labute approximate surface area is 188 Å². The van der Waals surface area contributed by atoms with Gasteiger partial charge in [0.2, 0.25) is 0 Å². The van der Waals surface area contributed by atoms with Gasteiger partial charge in [-0.2, -0.15) is 0 Å². The lowest BCUT2D eigenvalue weighted by molar-refractivity contribution is -0.142. The van der Waals surface area contributed by atoms with Crippen LogP contribution in [0.4, 0.5) is 10.5 Å². The highest BCUT2D eigenvalue weighted by molar-refractivity contribution is 5.92. The van der Waals surface area contributed by atoms with Crippen LogP contribution in [0.15, 0.2) is 54.6 Å². The van der Waals surface area contributed by atoms with Crippen molar-refractivity contribution in [1.82, 2.24) is 5.32 Å². The fourth-order valence-electron chi connectivity index (χ4n) is 3.13. The Morgan fingerprint density at radius 2 is 1.94 bits per heavy atom. The Bertz CT molecular complexity index is 945. The van der Waals surface area contributed by atoms with Gasteiger partial charge >= 0.3 is 12.0 Å². The van der Waals surface area contributed by atoms with E-state index >= 15 is 0 Å². The number of benzene rings is 2. The Balaban J connectivity index is 1.47. The maximum absolute atomic E-state index is 12.1. The van der Waals surface area contributed by atoms with E-state index in [1.165, 1.54) is 0 Å². The molecular weight excluding hydrogens is 408 g/mol. The van der Waals surface area contributed by atoms with Gasteiger partial charge in [-0.25, -0.2) is 4.79 Å². The summed E-state index contributed by atoms with van der Waals surface area (Å²) in [5.74, 6) is 0.257. The lowest BCUT2D eigenvalue weighted by Crippen LogP contribution is -2.37. The minimum absolute atomic E-state index is 0.176. The Kier molecular flexibility index (Phi) is 8.27. The first-order valence-corrected chi connectivity index (χ1v) is 10.8. The van der Waals surface area contributed by atoms with Crippen molar-refractivity contribution in [2.24, 2.45) is 0 Å². The number of anilines is 1. The zero-order valence-corrected chi connectivity index (χ0v) is 18.6. The number of urea groups is 1. The quantitative estimate of drug-likeness (QED) is 0.420. The van der Waals surface area contributed by atoms with Gasteiger partial charge < -0.3 is 24.8 Å². The van der Waals surface area contributed by atoms with Crippen molar-refractivity contribution in [1.29, 1.82) is 0 Å². The van der Waals surface area contributed by atoms with Crippen LogP contribution in [0.2, 0.25) is 0 Å². The van der Waals surface area contributed by atoms with E-state index in [1.807, 2.05) is 68.5 Å². The summed E-state index contributed by atoms with van der Waals surface area (Å²) in [4.78, 5) is 23.6. The number of nitrogens with one attached hydrogen (secondary N) is 2. The van der Waals surface area contributed by atoms with E-state index in [4.69, 9.17) is 14.2 Å². The second-order valence-electron chi connectivity index (χ2n) is 7.86. The number of carbonyl (C=O) groups is 2. The highest BCUT2D eigenvalue weighted by Crippen LogP contribution is 2.33. The normalized spacial score (nSPS) is 16.6. The van der Waals surface area contributed by atoms with Crippen molar-refractivity contribution in [3.05, 3.63) is 65.7 Å².